The Morgan fingerprint density at radius 1 is 1.07 bits per heavy atom. The normalized spacial score (nSPS) is 16.2. The molecule has 1 N–H and O–H groups in total. The highest BCUT2D eigenvalue weighted by Gasteiger charge is 2.27. The Labute approximate surface area is 176 Å². The Hall–Kier alpha value is -3.41. The van der Waals surface area contributed by atoms with Crippen molar-refractivity contribution in [1.29, 1.82) is 0 Å². The van der Waals surface area contributed by atoms with Crippen LogP contribution in [0.4, 0.5) is 11.5 Å². The third-order valence-electron chi connectivity index (χ3n) is 5.55. The van der Waals surface area contributed by atoms with Gasteiger partial charge in [-0.15, -0.1) is 10.2 Å². The molecule has 30 heavy (non-hydrogen) atoms. The molecule has 1 unspecified atom stereocenters. The minimum absolute atomic E-state index is 0.0364. The van der Waals surface area contributed by atoms with Gasteiger partial charge in [-0.2, -0.15) is 0 Å². The van der Waals surface area contributed by atoms with Gasteiger partial charge < -0.3 is 15.0 Å². The van der Waals surface area contributed by atoms with Crippen LogP contribution in [0.15, 0.2) is 60.7 Å². The molecule has 1 aliphatic rings. The summed E-state index contributed by atoms with van der Waals surface area (Å²) in [6.07, 6.45) is 1.81. The van der Waals surface area contributed by atoms with Gasteiger partial charge in [0.15, 0.2) is 5.82 Å². The highest BCUT2D eigenvalue weighted by atomic mass is 16.5. The number of rotatable bonds is 5. The predicted octanol–water partition coefficient (Wildman–Crippen LogP) is 4.32. The van der Waals surface area contributed by atoms with Crippen LogP contribution in [-0.4, -0.2) is 36.3 Å². The monoisotopic (exact) mass is 402 g/mol. The molecule has 6 heteroatoms. The number of nitrogens with one attached hydrogen (secondary N) is 1. The Bertz CT molecular complexity index is 1000. The van der Waals surface area contributed by atoms with Crippen molar-refractivity contribution >= 4 is 17.4 Å². The number of aryl methyl sites for hydroxylation is 1. The molecule has 3 aromatic rings. The van der Waals surface area contributed by atoms with Crippen molar-refractivity contribution in [2.45, 2.75) is 19.8 Å². The minimum Gasteiger partial charge on any atom is -0.497 e. The van der Waals surface area contributed by atoms with Crippen molar-refractivity contribution in [1.82, 2.24) is 10.2 Å². The van der Waals surface area contributed by atoms with Crippen LogP contribution in [0, 0.1) is 12.8 Å². The molecule has 1 saturated heterocycles. The lowest BCUT2D eigenvalue weighted by Gasteiger charge is -2.32. The van der Waals surface area contributed by atoms with E-state index in [1.54, 1.807) is 7.11 Å². The molecule has 154 valence electrons. The van der Waals surface area contributed by atoms with E-state index in [0.29, 0.717) is 6.54 Å². The molecule has 2 heterocycles. The Morgan fingerprint density at radius 3 is 2.57 bits per heavy atom. The summed E-state index contributed by atoms with van der Waals surface area (Å²) in [5.41, 5.74) is 3.91. The smallest absolute Gasteiger partial charge is 0.229 e. The van der Waals surface area contributed by atoms with Crippen LogP contribution in [0.3, 0.4) is 0 Å². The van der Waals surface area contributed by atoms with E-state index in [2.05, 4.69) is 39.5 Å². The van der Waals surface area contributed by atoms with Gasteiger partial charge in [-0.25, -0.2) is 0 Å². The van der Waals surface area contributed by atoms with Gasteiger partial charge in [-0.1, -0.05) is 24.3 Å². The van der Waals surface area contributed by atoms with Crippen molar-refractivity contribution in [3.05, 3.63) is 66.2 Å². The van der Waals surface area contributed by atoms with Crippen LogP contribution in [0.25, 0.3) is 11.3 Å². The van der Waals surface area contributed by atoms with Gasteiger partial charge in [0.2, 0.25) is 5.91 Å². The quantitative estimate of drug-likeness (QED) is 0.689. The third-order valence-corrected chi connectivity index (χ3v) is 5.55. The van der Waals surface area contributed by atoms with Gasteiger partial charge >= 0.3 is 0 Å². The summed E-state index contributed by atoms with van der Waals surface area (Å²) < 4.78 is 5.16. The lowest BCUT2D eigenvalue weighted by Crippen LogP contribution is -2.41. The van der Waals surface area contributed by atoms with E-state index in [4.69, 9.17) is 4.74 Å². The zero-order valence-electron chi connectivity index (χ0n) is 17.3. The molecule has 2 aromatic carbocycles. The first-order valence-corrected chi connectivity index (χ1v) is 10.2. The lowest BCUT2D eigenvalue weighted by atomic mass is 9.97. The van der Waals surface area contributed by atoms with Crippen molar-refractivity contribution in [2.24, 2.45) is 5.92 Å². The van der Waals surface area contributed by atoms with Gasteiger partial charge in [0, 0.05) is 24.3 Å². The summed E-state index contributed by atoms with van der Waals surface area (Å²) in [7, 11) is 1.63. The number of anilines is 2. The average Bonchev–Trinajstić information content (AvgIpc) is 2.80. The molecule has 0 bridgehead atoms. The van der Waals surface area contributed by atoms with E-state index in [1.165, 1.54) is 5.56 Å². The molecular weight excluding hydrogens is 376 g/mol. The molecule has 1 amide bonds. The van der Waals surface area contributed by atoms with E-state index >= 15 is 0 Å². The maximum Gasteiger partial charge on any atom is 0.229 e. The zero-order valence-corrected chi connectivity index (χ0v) is 17.3. The highest BCUT2D eigenvalue weighted by Crippen LogP contribution is 2.25. The maximum absolute atomic E-state index is 12.8. The number of piperidine rings is 1. The fraction of sp³-hybridized carbons (Fsp3) is 0.292. The average molecular weight is 402 g/mol. The van der Waals surface area contributed by atoms with E-state index in [1.807, 2.05) is 48.5 Å². The third kappa shape index (κ3) is 4.43. The number of carbonyl (C=O) groups excluding carboxylic acids is 1. The van der Waals surface area contributed by atoms with E-state index in [9.17, 15) is 4.79 Å². The van der Waals surface area contributed by atoms with E-state index in [0.717, 1.165) is 47.9 Å². The molecule has 1 aliphatic heterocycles. The summed E-state index contributed by atoms with van der Waals surface area (Å²) in [6, 6.07) is 19.5. The number of nitrogens with zero attached hydrogens (tertiary/aromatic N) is 3. The van der Waals surface area contributed by atoms with Crippen molar-refractivity contribution in [3.63, 3.8) is 0 Å². The molecule has 4 rings (SSSR count). The standard InChI is InChI=1S/C24H26N4O2/c1-17-6-3-4-8-21(17)22-13-14-23(27-26-22)28-15-5-7-18(16-28)24(29)25-19-9-11-20(30-2)12-10-19/h3-4,6,8-14,18H,5,7,15-16H2,1-2H3,(H,25,29). The first kappa shape index (κ1) is 19.9. The molecule has 0 radical (unpaired) electrons. The SMILES string of the molecule is COc1ccc(NC(=O)C2CCCN(c3ccc(-c4ccccc4C)nn3)C2)cc1. The van der Waals surface area contributed by atoms with Crippen molar-refractivity contribution in [3.8, 4) is 17.0 Å². The maximum atomic E-state index is 12.8. The second kappa shape index (κ2) is 8.95. The van der Waals surface area contributed by atoms with Gasteiger partial charge in [-0.05, 0) is 61.7 Å². The summed E-state index contributed by atoms with van der Waals surface area (Å²) >= 11 is 0. The molecule has 0 aliphatic carbocycles. The fourth-order valence-electron chi connectivity index (χ4n) is 3.82. The van der Waals surface area contributed by atoms with Gasteiger partial charge in [0.05, 0.1) is 18.7 Å². The fourth-order valence-corrected chi connectivity index (χ4v) is 3.82. The number of benzene rings is 2. The molecular formula is C24H26N4O2. The largest absolute Gasteiger partial charge is 0.497 e. The van der Waals surface area contributed by atoms with Crippen LogP contribution < -0.4 is 15.0 Å². The van der Waals surface area contributed by atoms with Crippen LogP contribution in [0.1, 0.15) is 18.4 Å². The Morgan fingerprint density at radius 2 is 1.87 bits per heavy atom. The predicted molar refractivity (Wildman–Crippen MR) is 119 cm³/mol. The molecule has 1 fully saturated rings. The lowest BCUT2D eigenvalue weighted by molar-refractivity contribution is -0.120. The van der Waals surface area contributed by atoms with Gasteiger partial charge in [0.1, 0.15) is 5.75 Å². The Kier molecular flexibility index (Phi) is 5.93. The van der Waals surface area contributed by atoms with Crippen LogP contribution >= 0.6 is 0 Å². The molecule has 0 spiro atoms. The topological polar surface area (TPSA) is 67.3 Å². The highest BCUT2D eigenvalue weighted by molar-refractivity contribution is 5.93. The van der Waals surface area contributed by atoms with Gasteiger partial charge in [-0.3, -0.25) is 4.79 Å². The first-order chi connectivity index (χ1) is 14.6. The summed E-state index contributed by atoms with van der Waals surface area (Å²) in [4.78, 5) is 14.9. The second-order valence-electron chi connectivity index (χ2n) is 7.59. The van der Waals surface area contributed by atoms with Crippen LogP contribution in [0.2, 0.25) is 0 Å². The number of hydrogen-bond donors (Lipinski definition) is 1. The van der Waals surface area contributed by atoms with E-state index in [-0.39, 0.29) is 11.8 Å². The molecule has 6 nitrogen and oxygen atoms in total. The zero-order chi connectivity index (χ0) is 20.9. The second-order valence-corrected chi connectivity index (χ2v) is 7.59. The number of aromatic nitrogens is 2. The van der Waals surface area contributed by atoms with Crippen LogP contribution in [-0.2, 0) is 4.79 Å². The van der Waals surface area contributed by atoms with Gasteiger partial charge in [0.25, 0.3) is 0 Å². The van der Waals surface area contributed by atoms with Crippen molar-refractivity contribution in [2.75, 3.05) is 30.4 Å². The number of ether oxygens (including phenoxy) is 1. The Balaban J connectivity index is 1.42. The molecule has 1 atom stereocenters. The molecule has 0 saturated carbocycles. The van der Waals surface area contributed by atoms with Crippen LogP contribution in [0.5, 0.6) is 5.75 Å². The number of methoxy groups -OCH3 is 1. The summed E-state index contributed by atoms with van der Waals surface area (Å²) in [5.74, 6) is 1.53. The molecule has 1 aromatic heterocycles. The first-order valence-electron chi connectivity index (χ1n) is 10.2. The number of amides is 1. The number of hydrogen-bond acceptors (Lipinski definition) is 5. The number of carbonyl (C=O) groups is 1. The summed E-state index contributed by atoms with van der Waals surface area (Å²) in [6.45, 7) is 3.59. The summed E-state index contributed by atoms with van der Waals surface area (Å²) in [5, 5.41) is 11.9. The van der Waals surface area contributed by atoms with Crippen molar-refractivity contribution < 1.29 is 9.53 Å². The van der Waals surface area contributed by atoms with E-state index < -0.39 is 0 Å². The minimum atomic E-state index is -0.0845.